The van der Waals surface area contributed by atoms with Crippen LogP contribution in [0.1, 0.15) is 24.2 Å². The fourth-order valence-corrected chi connectivity index (χ4v) is 5.69. The number of nitrogens with one attached hydrogen (secondary N) is 3. The van der Waals surface area contributed by atoms with Gasteiger partial charge >= 0.3 is 0 Å². The van der Waals surface area contributed by atoms with Crippen LogP contribution in [0.15, 0.2) is 60.9 Å². The van der Waals surface area contributed by atoms with Gasteiger partial charge in [-0.15, -0.1) is 0 Å². The first-order valence-corrected chi connectivity index (χ1v) is 15.0. The number of anilines is 8. The summed E-state index contributed by atoms with van der Waals surface area (Å²) < 4.78 is 0. The summed E-state index contributed by atoms with van der Waals surface area (Å²) in [5.74, 6) is 3.73. The molecular weight excluding hydrogens is 538 g/mol. The average Bonchev–Trinajstić information content (AvgIpc) is 3.05. The molecule has 11 nitrogen and oxygen atoms in total. The van der Waals surface area contributed by atoms with Gasteiger partial charge in [-0.2, -0.15) is 0 Å². The Hall–Kier alpha value is -4.32. The Morgan fingerprint density at radius 2 is 0.907 bits per heavy atom. The second kappa shape index (κ2) is 12.9. The van der Waals surface area contributed by atoms with E-state index in [1.54, 1.807) is 0 Å². The smallest absolute Gasteiger partial charge is 0.158 e. The maximum absolute atomic E-state index is 4.93. The number of rotatable bonds is 12. The molecule has 43 heavy (non-hydrogen) atoms. The van der Waals surface area contributed by atoms with E-state index in [4.69, 9.17) is 9.97 Å². The molecule has 0 radical (unpaired) electrons. The maximum atomic E-state index is 4.93. The van der Waals surface area contributed by atoms with E-state index < -0.39 is 0 Å². The molecule has 0 fully saturated rings. The predicted molar refractivity (Wildman–Crippen MR) is 175 cm³/mol. The Morgan fingerprint density at radius 3 is 1.37 bits per heavy atom. The largest absolute Gasteiger partial charge is 0.339 e. The first-order chi connectivity index (χ1) is 21.0. The molecule has 0 bridgehead atoms. The SMILES string of the molecule is CN1c2cccnc2N(C)c2nc(CNCCCNCCCNCc3ccc4c(n3)N(C)c3ncccc3N4C)ccc21. The van der Waals surface area contributed by atoms with Crippen molar-refractivity contribution in [1.29, 1.82) is 0 Å². The van der Waals surface area contributed by atoms with Crippen molar-refractivity contribution in [3.63, 3.8) is 0 Å². The van der Waals surface area contributed by atoms with Gasteiger partial charge in [-0.1, -0.05) is 0 Å². The van der Waals surface area contributed by atoms with Gasteiger partial charge in [-0.05, 0) is 87.6 Å². The summed E-state index contributed by atoms with van der Waals surface area (Å²) in [5.41, 5.74) is 6.43. The summed E-state index contributed by atoms with van der Waals surface area (Å²) in [7, 11) is 8.19. The molecule has 4 aromatic heterocycles. The first kappa shape index (κ1) is 28.8. The van der Waals surface area contributed by atoms with E-state index in [2.05, 4.69) is 96.0 Å². The van der Waals surface area contributed by atoms with Crippen molar-refractivity contribution in [2.45, 2.75) is 25.9 Å². The van der Waals surface area contributed by atoms with Crippen molar-refractivity contribution in [3.8, 4) is 0 Å². The van der Waals surface area contributed by atoms with Crippen molar-refractivity contribution in [1.82, 2.24) is 35.9 Å². The van der Waals surface area contributed by atoms with Crippen molar-refractivity contribution in [2.75, 3.05) is 74.0 Å². The molecule has 0 saturated heterocycles. The van der Waals surface area contributed by atoms with E-state index in [0.717, 1.165) is 110 Å². The molecule has 0 atom stereocenters. The van der Waals surface area contributed by atoms with Crippen molar-refractivity contribution >= 4 is 46.0 Å². The van der Waals surface area contributed by atoms with E-state index in [9.17, 15) is 0 Å². The van der Waals surface area contributed by atoms with Crippen LogP contribution in [0.2, 0.25) is 0 Å². The first-order valence-electron chi connectivity index (χ1n) is 15.0. The van der Waals surface area contributed by atoms with Crippen LogP contribution >= 0.6 is 0 Å². The molecule has 6 rings (SSSR count). The van der Waals surface area contributed by atoms with Crippen molar-refractivity contribution < 1.29 is 0 Å². The van der Waals surface area contributed by atoms with Gasteiger partial charge in [0.05, 0.1) is 34.1 Å². The fourth-order valence-electron chi connectivity index (χ4n) is 5.69. The number of fused-ring (bicyclic) bond motifs is 4. The van der Waals surface area contributed by atoms with Crippen LogP contribution in [0.5, 0.6) is 0 Å². The summed E-state index contributed by atoms with van der Waals surface area (Å²) in [4.78, 5) is 27.4. The predicted octanol–water partition coefficient (Wildman–Crippen LogP) is 4.21. The van der Waals surface area contributed by atoms with Crippen LogP contribution in [-0.4, -0.2) is 74.3 Å². The Kier molecular flexibility index (Phi) is 8.64. The molecule has 4 aromatic rings. The van der Waals surface area contributed by atoms with Crippen molar-refractivity contribution in [2.24, 2.45) is 0 Å². The molecule has 2 aliphatic rings. The Morgan fingerprint density at radius 1 is 0.488 bits per heavy atom. The van der Waals surface area contributed by atoms with Gasteiger partial charge in [-0.25, -0.2) is 19.9 Å². The monoisotopic (exact) mass is 579 g/mol. The van der Waals surface area contributed by atoms with Gasteiger partial charge in [0.1, 0.15) is 0 Å². The molecule has 11 heteroatoms. The van der Waals surface area contributed by atoms with E-state index in [-0.39, 0.29) is 0 Å². The molecule has 0 unspecified atom stereocenters. The Balaban J connectivity index is 0.859. The molecule has 0 spiro atoms. The van der Waals surface area contributed by atoms with E-state index >= 15 is 0 Å². The molecular formula is C32H41N11. The zero-order valence-electron chi connectivity index (χ0n) is 25.5. The van der Waals surface area contributed by atoms with E-state index in [0.29, 0.717) is 0 Å². The Bertz CT molecular complexity index is 1440. The minimum absolute atomic E-state index is 0.746. The van der Waals surface area contributed by atoms with Crippen LogP contribution in [-0.2, 0) is 13.1 Å². The number of aromatic nitrogens is 4. The third kappa shape index (κ3) is 5.96. The molecule has 0 amide bonds. The van der Waals surface area contributed by atoms with Gasteiger partial charge in [0.25, 0.3) is 0 Å². The molecule has 0 aromatic carbocycles. The van der Waals surface area contributed by atoms with Gasteiger partial charge in [0.15, 0.2) is 23.3 Å². The lowest BCUT2D eigenvalue weighted by atomic mass is 10.2. The number of nitrogens with zero attached hydrogens (tertiary/aromatic N) is 8. The fraction of sp³-hybridized carbons (Fsp3) is 0.375. The lowest BCUT2D eigenvalue weighted by Gasteiger charge is -2.34. The molecule has 3 N–H and O–H groups in total. The highest BCUT2D eigenvalue weighted by Gasteiger charge is 2.27. The molecule has 2 aliphatic heterocycles. The zero-order valence-corrected chi connectivity index (χ0v) is 25.5. The van der Waals surface area contributed by atoms with Crippen molar-refractivity contribution in [3.05, 3.63) is 72.3 Å². The highest BCUT2D eigenvalue weighted by Crippen LogP contribution is 2.44. The van der Waals surface area contributed by atoms with Gasteiger partial charge < -0.3 is 35.6 Å². The van der Waals surface area contributed by atoms with E-state index in [1.807, 2.05) is 38.6 Å². The topological polar surface area (TPSA) is 101 Å². The highest BCUT2D eigenvalue weighted by atomic mass is 15.3. The standard InChI is InChI=1S/C32H41N11/c1-40-25-9-5-19-36-29(25)42(3)31-27(40)13-11-23(38-31)21-34-17-7-15-33-16-8-18-35-22-24-12-14-28-32(39-24)43(4)30-26(41(28)2)10-6-20-37-30/h5-6,9-14,19-20,33-35H,7-8,15-18,21-22H2,1-4H3. The maximum Gasteiger partial charge on any atom is 0.158 e. The van der Waals surface area contributed by atoms with Crippen LogP contribution in [0, 0.1) is 0 Å². The summed E-state index contributed by atoms with van der Waals surface area (Å²) in [6.45, 7) is 5.35. The summed E-state index contributed by atoms with van der Waals surface area (Å²) in [6, 6.07) is 16.6. The molecule has 0 saturated carbocycles. The van der Waals surface area contributed by atoms with Gasteiger partial charge in [-0.3, -0.25) is 0 Å². The summed E-state index contributed by atoms with van der Waals surface area (Å²) >= 11 is 0. The quantitative estimate of drug-likeness (QED) is 0.210. The number of hydrogen-bond donors (Lipinski definition) is 3. The number of pyridine rings is 4. The van der Waals surface area contributed by atoms with Gasteiger partial charge in [0, 0.05) is 53.7 Å². The minimum atomic E-state index is 0.746. The minimum Gasteiger partial charge on any atom is -0.339 e. The highest BCUT2D eigenvalue weighted by molar-refractivity contribution is 5.89. The third-order valence-corrected chi connectivity index (χ3v) is 8.10. The lowest BCUT2D eigenvalue weighted by Crippen LogP contribution is -2.27. The van der Waals surface area contributed by atoms with Crippen LogP contribution < -0.4 is 35.6 Å². The summed E-state index contributed by atoms with van der Waals surface area (Å²) in [5, 5.41) is 10.6. The number of hydrogen-bond acceptors (Lipinski definition) is 11. The molecule has 224 valence electrons. The average molecular weight is 580 g/mol. The summed E-state index contributed by atoms with van der Waals surface area (Å²) in [6.07, 6.45) is 5.79. The van der Waals surface area contributed by atoms with Crippen LogP contribution in [0.4, 0.5) is 46.0 Å². The van der Waals surface area contributed by atoms with Crippen LogP contribution in [0.25, 0.3) is 0 Å². The lowest BCUT2D eigenvalue weighted by molar-refractivity contribution is 0.561. The Labute approximate surface area is 254 Å². The second-order valence-corrected chi connectivity index (χ2v) is 11.0. The third-order valence-electron chi connectivity index (χ3n) is 8.10. The molecule has 0 aliphatic carbocycles. The normalized spacial score (nSPS) is 13.5. The second-order valence-electron chi connectivity index (χ2n) is 11.0. The van der Waals surface area contributed by atoms with Gasteiger partial charge in [0.2, 0.25) is 0 Å². The van der Waals surface area contributed by atoms with Crippen LogP contribution in [0.3, 0.4) is 0 Å². The molecule has 6 heterocycles. The zero-order chi connectivity index (χ0) is 29.8. The van der Waals surface area contributed by atoms with E-state index in [1.165, 1.54) is 0 Å².